The van der Waals surface area contributed by atoms with E-state index >= 15 is 0 Å². The Morgan fingerprint density at radius 3 is 2.30 bits per heavy atom. The van der Waals surface area contributed by atoms with Crippen molar-refractivity contribution in [3.63, 3.8) is 0 Å². The van der Waals surface area contributed by atoms with E-state index in [0.29, 0.717) is 36.2 Å². The summed E-state index contributed by atoms with van der Waals surface area (Å²) in [7, 11) is 0. The van der Waals surface area contributed by atoms with E-state index in [1.54, 1.807) is 0 Å². The number of esters is 1. The van der Waals surface area contributed by atoms with Gasteiger partial charge >= 0.3 is 5.97 Å². The molecule has 1 heterocycles. The van der Waals surface area contributed by atoms with Crippen LogP contribution in [0.5, 0.6) is 0 Å². The van der Waals surface area contributed by atoms with Crippen molar-refractivity contribution in [3.05, 3.63) is 12.2 Å². The third-order valence-electron chi connectivity index (χ3n) is 15.6. The molecular weight excluding hydrogens is 566 g/mol. The second kappa shape index (κ2) is 11.6. The monoisotopic (exact) mass is 627 g/mol. The number of ether oxygens (including phenoxy) is 1. The molecule has 0 aromatic carbocycles. The highest BCUT2D eigenvalue weighted by molar-refractivity contribution is 7.99. The Kier molecular flexibility index (Phi) is 8.68. The molecule has 0 aromatic rings. The van der Waals surface area contributed by atoms with E-state index < -0.39 is 0 Å². The molecule has 44 heavy (non-hydrogen) atoms. The Morgan fingerprint density at radius 1 is 0.864 bits per heavy atom. The number of carbonyl (C=O) groups excluding carboxylic acids is 2. The predicted octanol–water partition coefficient (Wildman–Crippen LogP) is 7.90. The predicted molar refractivity (Wildman–Crippen MR) is 179 cm³/mol. The minimum absolute atomic E-state index is 0.0222. The highest BCUT2D eigenvalue weighted by Gasteiger charge is 2.71. The Bertz CT molecular complexity index is 1150. The number of nitrogens with zero attached hydrogens (tertiary/aromatic N) is 1. The second-order valence-electron chi connectivity index (χ2n) is 17.6. The summed E-state index contributed by atoms with van der Waals surface area (Å²) in [6.07, 6.45) is 12.0. The van der Waals surface area contributed by atoms with Gasteiger partial charge in [0.25, 0.3) is 0 Å². The van der Waals surface area contributed by atoms with Crippen LogP contribution in [0.4, 0.5) is 0 Å². The highest BCUT2D eigenvalue weighted by Crippen LogP contribution is 2.77. The van der Waals surface area contributed by atoms with Crippen LogP contribution in [0.15, 0.2) is 12.2 Å². The average molecular weight is 628 g/mol. The van der Waals surface area contributed by atoms with Gasteiger partial charge in [0.2, 0.25) is 5.91 Å². The van der Waals surface area contributed by atoms with Crippen LogP contribution >= 0.6 is 11.8 Å². The normalized spacial score (nSPS) is 46.2. The first kappa shape index (κ1) is 32.9. The fourth-order valence-electron chi connectivity index (χ4n) is 13.0. The van der Waals surface area contributed by atoms with Gasteiger partial charge in [-0.15, -0.1) is 0 Å². The maximum Gasteiger partial charge on any atom is 0.306 e. The summed E-state index contributed by atoms with van der Waals surface area (Å²) in [6.45, 7) is 21.5. The number of allylic oxidation sites excluding steroid dienone is 1. The zero-order valence-corrected chi connectivity index (χ0v) is 29.5. The van der Waals surface area contributed by atoms with E-state index in [1.165, 1.54) is 37.7 Å². The van der Waals surface area contributed by atoms with Gasteiger partial charge in [0.15, 0.2) is 0 Å². The lowest BCUT2D eigenvalue weighted by atomic mass is 9.32. The highest BCUT2D eigenvalue weighted by atomic mass is 32.2. The molecule has 0 aromatic heterocycles. The molecule has 0 radical (unpaired) electrons. The van der Waals surface area contributed by atoms with E-state index in [0.717, 1.165) is 56.7 Å². The maximum atomic E-state index is 13.1. The third-order valence-corrected chi connectivity index (χ3v) is 16.6. The van der Waals surface area contributed by atoms with Gasteiger partial charge in [-0.1, -0.05) is 46.8 Å². The molecule has 5 aliphatic carbocycles. The lowest BCUT2D eigenvalue weighted by Crippen LogP contribution is -2.66. The fraction of sp³-hybridized carbons (Fsp3) is 0.895. The molecule has 10 atom stereocenters. The Hall–Kier alpha value is -1.01. The van der Waals surface area contributed by atoms with Gasteiger partial charge in [0.1, 0.15) is 0 Å². The largest absolute Gasteiger partial charge is 0.465 e. The number of hydrogen-bond donors (Lipinski definition) is 1. The van der Waals surface area contributed by atoms with E-state index in [-0.39, 0.29) is 57.9 Å². The van der Waals surface area contributed by atoms with Crippen LogP contribution in [-0.4, -0.2) is 59.2 Å². The molecule has 0 bridgehead atoms. The molecule has 248 valence electrons. The van der Waals surface area contributed by atoms with Crippen molar-refractivity contribution in [1.29, 1.82) is 0 Å². The van der Waals surface area contributed by atoms with Crippen molar-refractivity contribution in [1.82, 2.24) is 4.90 Å². The summed E-state index contributed by atoms with van der Waals surface area (Å²) in [5.41, 5.74) is 2.12. The van der Waals surface area contributed by atoms with E-state index in [2.05, 4.69) is 48.1 Å². The van der Waals surface area contributed by atoms with Crippen molar-refractivity contribution < 1.29 is 19.4 Å². The number of aliphatic hydroxyl groups excluding tert-OH is 1. The number of hydrogen-bond acceptors (Lipinski definition) is 5. The SMILES string of the molecule is C=C(C)[C@@H]1CC[C@]2(COC(=O)CCC(=O)N3CCSCC3)CC[C@]3(C)[C@H](CC[C@@H]4[C@@]5(C)CC[C@H](O)C(C)(C)[C@@H]5CC[C@]43C)[C@@H]12. The molecule has 6 fully saturated rings. The number of rotatable bonds is 6. The Morgan fingerprint density at radius 2 is 1.59 bits per heavy atom. The number of thioether (sulfide) groups is 1. The van der Waals surface area contributed by atoms with Crippen LogP contribution in [0, 0.1) is 56.7 Å². The molecule has 5 nitrogen and oxygen atoms in total. The Balaban J connectivity index is 1.20. The van der Waals surface area contributed by atoms with E-state index in [9.17, 15) is 14.7 Å². The smallest absolute Gasteiger partial charge is 0.306 e. The topological polar surface area (TPSA) is 66.8 Å². The van der Waals surface area contributed by atoms with Gasteiger partial charge in [-0.3, -0.25) is 9.59 Å². The van der Waals surface area contributed by atoms with Gasteiger partial charge in [0, 0.05) is 36.4 Å². The summed E-state index contributed by atoms with van der Waals surface area (Å²) < 4.78 is 6.15. The van der Waals surface area contributed by atoms with Crippen LogP contribution in [0.1, 0.15) is 119 Å². The van der Waals surface area contributed by atoms with Gasteiger partial charge in [-0.2, -0.15) is 11.8 Å². The molecule has 0 spiro atoms. The van der Waals surface area contributed by atoms with Crippen LogP contribution in [-0.2, 0) is 14.3 Å². The van der Waals surface area contributed by atoms with Crippen molar-refractivity contribution in [2.45, 2.75) is 125 Å². The third kappa shape index (κ3) is 4.96. The van der Waals surface area contributed by atoms with Crippen LogP contribution < -0.4 is 0 Å². The van der Waals surface area contributed by atoms with Crippen molar-refractivity contribution in [2.75, 3.05) is 31.2 Å². The van der Waals surface area contributed by atoms with Gasteiger partial charge in [-0.05, 0) is 122 Å². The first-order chi connectivity index (χ1) is 20.7. The van der Waals surface area contributed by atoms with E-state index in [4.69, 9.17) is 4.74 Å². The lowest BCUT2D eigenvalue weighted by molar-refractivity contribution is -0.250. The quantitative estimate of drug-likeness (QED) is 0.240. The average Bonchev–Trinajstić information content (AvgIpc) is 3.38. The molecule has 1 aliphatic heterocycles. The number of carbonyl (C=O) groups is 2. The summed E-state index contributed by atoms with van der Waals surface area (Å²) in [5, 5.41) is 11.0. The van der Waals surface area contributed by atoms with Gasteiger partial charge in [0.05, 0.1) is 19.1 Å². The molecule has 0 unspecified atom stereocenters. The van der Waals surface area contributed by atoms with Gasteiger partial charge in [-0.25, -0.2) is 0 Å². The molecule has 6 rings (SSSR count). The summed E-state index contributed by atoms with van der Waals surface area (Å²) in [5.74, 6) is 4.76. The van der Waals surface area contributed by atoms with Crippen LogP contribution in [0.2, 0.25) is 0 Å². The summed E-state index contributed by atoms with van der Waals surface area (Å²) in [6, 6.07) is 0. The molecule has 1 N–H and O–H groups in total. The zero-order chi connectivity index (χ0) is 31.7. The first-order valence-electron chi connectivity index (χ1n) is 18.0. The lowest BCUT2D eigenvalue weighted by Gasteiger charge is -2.73. The van der Waals surface area contributed by atoms with Crippen LogP contribution in [0.3, 0.4) is 0 Å². The number of amides is 1. The minimum Gasteiger partial charge on any atom is -0.465 e. The standard InChI is InChI=1S/C38H61NO4S/c1-25(2)26-12-17-38(24-43-32(42)11-10-31(41)39-20-22-44-23-21-39)19-18-36(6)27(33(26)38)8-9-29-35(5)15-14-30(40)34(3,4)28(35)13-16-37(29,36)7/h26-30,33,40H,1,8-24H2,2-7H3/t26-,27+,28-,29+,30-,33+,35-,36+,37+,38+/m0/s1. The molecule has 1 saturated heterocycles. The second-order valence-corrected chi connectivity index (χ2v) is 18.8. The first-order valence-corrected chi connectivity index (χ1v) is 19.2. The van der Waals surface area contributed by atoms with Crippen molar-refractivity contribution >= 4 is 23.6 Å². The molecule has 1 amide bonds. The zero-order valence-electron chi connectivity index (χ0n) is 28.7. The maximum absolute atomic E-state index is 13.1. The summed E-state index contributed by atoms with van der Waals surface area (Å²) in [4.78, 5) is 27.7. The fourth-order valence-corrected chi connectivity index (χ4v) is 13.9. The number of aliphatic hydroxyl groups is 1. The van der Waals surface area contributed by atoms with Crippen molar-refractivity contribution in [2.24, 2.45) is 56.7 Å². The number of fused-ring (bicyclic) bond motifs is 7. The summed E-state index contributed by atoms with van der Waals surface area (Å²) >= 11 is 1.89. The van der Waals surface area contributed by atoms with Gasteiger partial charge < -0.3 is 14.7 Å². The molecule has 6 aliphatic rings. The van der Waals surface area contributed by atoms with Crippen LogP contribution in [0.25, 0.3) is 0 Å². The van der Waals surface area contributed by atoms with E-state index in [1.807, 2.05) is 16.7 Å². The van der Waals surface area contributed by atoms with Crippen molar-refractivity contribution in [3.8, 4) is 0 Å². The minimum atomic E-state index is -0.200. The Labute approximate surface area is 272 Å². The molecular formula is C38H61NO4S. The molecule has 5 saturated carbocycles. The molecule has 6 heteroatoms.